The van der Waals surface area contributed by atoms with Crippen molar-refractivity contribution in [3.05, 3.63) is 0 Å². The Bertz CT molecular complexity index is 2590. The Balaban J connectivity index is 1.39. The molecule has 580 valence electrons. The summed E-state index contributed by atoms with van der Waals surface area (Å²) in [6.45, 7) is -10.5. The molecule has 30 N–H and O–H groups in total. The highest BCUT2D eigenvalue weighted by atomic mass is 31.2. The number of phosphoric ester groups is 2. The van der Waals surface area contributed by atoms with E-state index in [0.29, 0.717) is 0 Å². The second-order valence-electron chi connectivity index (χ2n) is 23.7. The quantitative estimate of drug-likeness (QED) is 0.0287. The van der Waals surface area contributed by atoms with Gasteiger partial charge in [-0.05, 0) is 0 Å². The van der Waals surface area contributed by atoms with Crippen LogP contribution in [0.4, 0.5) is 0 Å². The first kappa shape index (κ1) is 84.4. The summed E-state index contributed by atoms with van der Waals surface area (Å²) in [7, 11) is -11.5. The number of aliphatic hydroxyl groups excluding tert-OH is 23. The van der Waals surface area contributed by atoms with Crippen LogP contribution in [-0.4, -0.2) is 440 Å². The molecule has 0 radical (unpaired) electrons. The molecule has 0 amide bonds. The van der Waals surface area contributed by atoms with Gasteiger partial charge in [0, 0.05) is 13.0 Å². The third-order valence-corrected chi connectivity index (χ3v) is 18.6. The minimum atomic E-state index is -5.97. The van der Waals surface area contributed by atoms with Crippen LogP contribution in [0.15, 0.2) is 0 Å². The molecule has 7 saturated heterocycles. The zero-order valence-corrected chi connectivity index (χ0v) is 53.0. The van der Waals surface area contributed by atoms with E-state index < -0.39 is 320 Å². The molecule has 39 atom stereocenters. The van der Waals surface area contributed by atoms with Crippen molar-refractivity contribution in [1.29, 1.82) is 0 Å². The van der Waals surface area contributed by atoms with Crippen molar-refractivity contribution >= 4 is 21.6 Å². The summed E-state index contributed by atoms with van der Waals surface area (Å²) in [4.78, 5) is 43.1. The summed E-state index contributed by atoms with van der Waals surface area (Å²) in [6, 6.07) is 0. The maximum Gasteiger partial charge on any atom is 0.472 e. The molecule has 0 aromatic rings. The van der Waals surface area contributed by atoms with Gasteiger partial charge in [0.05, 0.1) is 52.9 Å². The van der Waals surface area contributed by atoms with E-state index >= 15 is 0 Å². The molecule has 0 aromatic carbocycles. The van der Waals surface area contributed by atoms with Gasteiger partial charge in [0.1, 0.15) is 189 Å². The second-order valence-corrected chi connectivity index (χ2v) is 26.3. The van der Waals surface area contributed by atoms with E-state index in [-0.39, 0.29) is 0 Å². The number of hydrogen-bond donors (Lipinski definition) is 29. The van der Waals surface area contributed by atoms with Crippen molar-refractivity contribution in [2.24, 2.45) is 5.73 Å². The number of hydrogen-bond acceptors (Lipinski definition) is 44. The Morgan fingerprint density at radius 1 is 0.444 bits per heavy atom. The average molecular weight is 1500 g/mol. The Hall–Kier alpha value is -1.83. The number of aliphatic hydroxyl groups is 24. The van der Waals surface area contributed by atoms with Crippen LogP contribution < -0.4 is 5.73 Å². The first-order valence-corrected chi connectivity index (χ1v) is 33.2. The van der Waals surface area contributed by atoms with E-state index in [0.717, 1.165) is 0 Å². The summed E-state index contributed by atoms with van der Waals surface area (Å²) < 4.78 is 115. The van der Waals surface area contributed by atoms with E-state index in [1.807, 2.05) is 0 Å². The fourth-order valence-electron chi connectivity index (χ4n) is 11.8. The molecule has 50 heteroatoms. The van der Waals surface area contributed by atoms with Crippen molar-refractivity contribution < 1.29 is 231 Å². The number of rotatable bonds is 31. The molecule has 7 aliphatic heterocycles. The van der Waals surface area contributed by atoms with E-state index in [4.69, 9.17) is 80.9 Å². The van der Waals surface area contributed by atoms with Gasteiger partial charge in [-0.25, -0.2) is 13.9 Å². The van der Waals surface area contributed by atoms with Crippen LogP contribution in [0.5, 0.6) is 0 Å². The largest absolute Gasteiger partial charge is 0.477 e. The summed E-state index contributed by atoms with van der Waals surface area (Å²) in [5.41, 5.74) is 5.40. The summed E-state index contributed by atoms with van der Waals surface area (Å²) in [5.74, 6) is -5.92. The highest BCUT2D eigenvalue weighted by Crippen LogP contribution is 2.48. The SMILES string of the molecule is NCCOP(=O)(O)O[C@@H](CO)[C@H]1O[C@H](O[C@@H]2[C@H](O)[C@@H](O[C@H]3[C@@H]([C@H](O)CO)O[C@@](O)(C(=O)O)C[C@H]3OP(=O)(O)O)O[C@H]([C@@H](O)CO)[C@H]2O[C@@H]2O[C@H](CO)[C@@H](O[C@@H]3O[C@H](CO)[C@H](O)[C@H](O)[C@H]3O)[C@H](O)[C@H]2O)[C@@H](O[C@H]2O[C@H]([C@@H](O)CO)[C@@H](O)[C@H](O)[C@@H]2O[C@@H]2O[C@H](CO)[C@H](O)[C@H](O)[C@H]2O)[C@@H](O)[C@@H]1O. The Morgan fingerprint density at radius 3 is 1.31 bits per heavy atom. The predicted molar refractivity (Wildman–Crippen MR) is 296 cm³/mol. The molecule has 0 spiro atoms. The van der Waals surface area contributed by atoms with Crippen LogP contribution in [0.1, 0.15) is 6.42 Å². The molecule has 1 unspecified atom stereocenters. The van der Waals surface area contributed by atoms with Gasteiger partial charge >= 0.3 is 21.6 Å². The van der Waals surface area contributed by atoms with Gasteiger partial charge in [-0.3, -0.25) is 13.6 Å². The van der Waals surface area contributed by atoms with Gasteiger partial charge in [0.25, 0.3) is 5.79 Å². The third kappa shape index (κ3) is 19.1. The van der Waals surface area contributed by atoms with Crippen molar-refractivity contribution in [2.45, 2.75) is 239 Å². The number of phosphoric acid groups is 2. The maximum atomic E-state index is 13.2. The normalized spacial score (nSPS) is 46.8. The van der Waals surface area contributed by atoms with Crippen LogP contribution in [-0.2, 0) is 89.1 Å². The molecule has 7 rings (SSSR count). The molecule has 0 aliphatic carbocycles. The maximum absolute atomic E-state index is 13.2. The lowest BCUT2D eigenvalue weighted by atomic mass is 9.91. The van der Waals surface area contributed by atoms with Crippen molar-refractivity contribution in [3.63, 3.8) is 0 Å². The minimum absolute atomic E-state index is 0.453. The average Bonchev–Trinajstić information content (AvgIpc) is 0.764. The van der Waals surface area contributed by atoms with E-state index in [9.17, 15) is 156 Å². The molecule has 7 fully saturated rings. The van der Waals surface area contributed by atoms with Crippen LogP contribution >= 0.6 is 15.6 Å². The van der Waals surface area contributed by atoms with Crippen molar-refractivity contribution in [2.75, 3.05) is 59.4 Å². The van der Waals surface area contributed by atoms with E-state index in [2.05, 4.69) is 0 Å². The molecule has 48 nitrogen and oxygen atoms in total. The number of ether oxygens (including phenoxy) is 13. The molecule has 0 aromatic heterocycles. The van der Waals surface area contributed by atoms with Gasteiger partial charge in [0.15, 0.2) is 37.7 Å². The zero-order valence-electron chi connectivity index (χ0n) is 51.2. The second kappa shape index (κ2) is 35.7. The third-order valence-electron chi connectivity index (χ3n) is 17.0. The number of nitrogens with two attached hydrogens (primary N) is 1. The van der Waals surface area contributed by atoms with Gasteiger partial charge in [0.2, 0.25) is 0 Å². The molecule has 99 heavy (non-hydrogen) atoms. The zero-order chi connectivity index (χ0) is 73.8. The van der Waals surface area contributed by atoms with Crippen LogP contribution in [0, 0.1) is 0 Å². The van der Waals surface area contributed by atoms with Crippen molar-refractivity contribution in [1.82, 2.24) is 0 Å². The van der Waals surface area contributed by atoms with E-state index in [1.54, 1.807) is 0 Å². The Morgan fingerprint density at radius 2 is 0.838 bits per heavy atom. The van der Waals surface area contributed by atoms with Gasteiger partial charge < -0.3 is 210 Å². The van der Waals surface area contributed by atoms with Crippen molar-refractivity contribution in [3.8, 4) is 0 Å². The number of carboxylic acids is 1. The fraction of sp³-hybridized carbons (Fsp3) is 0.980. The van der Waals surface area contributed by atoms with Crippen LogP contribution in [0.2, 0.25) is 0 Å². The number of carboxylic acid groups (broad SMARTS) is 1. The molecule has 7 heterocycles. The van der Waals surface area contributed by atoms with E-state index in [1.165, 1.54) is 0 Å². The Labute approximate surface area is 556 Å². The summed E-state index contributed by atoms with van der Waals surface area (Å²) in [5, 5.41) is 274. The molecule has 7 aliphatic rings. The lowest BCUT2D eigenvalue weighted by Gasteiger charge is -2.53. The lowest BCUT2D eigenvalue weighted by Crippen LogP contribution is -2.71. The monoisotopic (exact) mass is 1500 g/mol. The summed E-state index contributed by atoms with van der Waals surface area (Å²) >= 11 is 0. The smallest absolute Gasteiger partial charge is 0.472 e. The van der Waals surface area contributed by atoms with Gasteiger partial charge in [-0.1, -0.05) is 0 Å². The van der Waals surface area contributed by atoms with Gasteiger partial charge in [-0.15, -0.1) is 0 Å². The minimum Gasteiger partial charge on any atom is -0.477 e. The lowest BCUT2D eigenvalue weighted by molar-refractivity contribution is -0.421. The van der Waals surface area contributed by atoms with Crippen LogP contribution in [0.3, 0.4) is 0 Å². The number of carbonyl (C=O) groups is 1. The van der Waals surface area contributed by atoms with Gasteiger partial charge in [-0.2, -0.15) is 0 Å². The standard InChI is InChI=1S/C49H87NO47P2/c50-1-2-82-99(80,81)97-18(10-57)36-24(66)26(68)40(93-46-39(25(67)23(65)32(86-46)11(58)4-51)92-43-29(71)22(64)20(62)16(8-55)84-43)47(89-36)91-38-31(73)45(90-37-14(96-98(77,78)79)3-49(76,48(74)75)95-34(37)13(60)6-53)87-33(12(59)5-52)41(38)94-44-30(72)27(69)35(17(9-56)85-44)88-42-28(70)21(63)19(61)15(7-54)83-42/h11-47,51-73,76H,1-10,50H2,(H,74,75)(H,80,81)(H2,77,78,79)/t11-,12-,13+,14+,15+,16+,17+,18-,19-,20-,21-,22-,23-,24-,25-,26-,27+,28+,29+,30+,31-,32+,33+,34+,35+,36+,37+,38+,39-,40-,41+,42-,43-,44-,45+,46+,47+,49+/m0/s1. The fourth-order valence-corrected chi connectivity index (χ4v) is 13.2. The Kier molecular flexibility index (Phi) is 30.5. The molecular formula is C49H87NO47P2. The first-order valence-electron chi connectivity index (χ1n) is 30.1. The molecule has 0 saturated carbocycles. The molecule has 0 bridgehead atoms. The highest BCUT2D eigenvalue weighted by molar-refractivity contribution is 7.47. The summed E-state index contributed by atoms with van der Waals surface area (Å²) in [6.07, 6.45) is -92.0. The first-order chi connectivity index (χ1) is 46.4. The highest BCUT2D eigenvalue weighted by Gasteiger charge is 2.63. The predicted octanol–water partition coefficient (Wildman–Crippen LogP) is -18.1. The van der Waals surface area contributed by atoms with Crippen LogP contribution in [0.25, 0.3) is 0 Å². The number of aliphatic carboxylic acids is 1. The molecular weight excluding hydrogens is 1420 g/mol. The topological polar surface area (TPSA) is 791 Å².